The van der Waals surface area contributed by atoms with Gasteiger partial charge in [-0.05, 0) is 19.4 Å². The Morgan fingerprint density at radius 2 is 1.33 bits per heavy atom. The fourth-order valence-electron chi connectivity index (χ4n) is 2.97. The Bertz CT molecular complexity index is 477. The predicted molar refractivity (Wildman–Crippen MR) is 119 cm³/mol. The van der Waals surface area contributed by atoms with Crippen LogP contribution >= 0.6 is 31.0 Å². The molecule has 27 heavy (non-hydrogen) atoms. The van der Waals surface area contributed by atoms with E-state index >= 15 is 0 Å². The molecule has 1 fully saturated rings. The molecule has 0 aromatic rings. The Morgan fingerprint density at radius 1 is 0.889 bits per heavy atom. The van der Waals surface area contributed by atoms with Crippen LogP contribution in [0.2, 0.25) is 0 Å². The van der Waals surface area contributed by atoms with Crippen LogP contribution in [0.5, 0.6) is 0 Å². The molecule has 1 rings (SSSR count). The van der Waals surface area contributed by atoms with Crippen molar-refractivity contribution in [2.45, 2.75) is 59.3 Å². The Labute approximate surface area is 178 Å². The summed E-state index contributed by atoms with van der Waals surface area (Å²) < 4.78 is 5.04. The molecule has 0 saturated carbocycles. The molecule has 1 aliphatic rings. The Hall–Kier alpha value is -0.470. The molecule has 0 atom stereocenters. The molecule has 0 bridgehead atoms. The number of nitrogens with zero attached hydrogens (tertiary/aromatic N) is 4. The summed E-state index contributed by atoms with van der Waals surface area (Å²) in [7, 11) is 0.247. The fourth-order valence-corrected chi connectivity index (χ4v) is 5.73. The molecule has 1 aliphatic heterocycles. The molecular formula is C18H34IN4O3P. The van der Waals surface area contributed by atoms with Crippen molar-refractivity contribution in [1.82, 2.24) is 18.9 Å². The third kappa shape index (κ3) is 7.46. The van der Waals surface area contributed by atoms with Gasteiger partial charge < -0.3 is 4.90 Å². The Balaban J connectivity index is 3.22. The smallest absolute Gasteiger partial charge is 0.288 e. The molecule has 1 heterocycles. The molecule has 0 unspecified atom stereocenters. The summed E-state index contributed by atoms with van der Waals surface area (Å²) in [6.07, 6.45) is 4.45. The van der Waals surface area contributed by atoms with Crippen molar-refractivity contribution in [2.75, 3.05) is 39.8 Å². The van der Waals surface area contributed by atoms with Crippen molar-refractivity contribution in [3.05, 3.63) is 0 Å². The highest BCUT2D eigenvalue weighted by Crippen LogP contribution is 2.49. The van der Waals surface area contributed by atoms with Gasteiger partial charge in [0.05, 0.1) is 0 Å². The molecule has 1 saturated heterocycles. The second kappa shape index (κ2) is 12.9. The molecule has 7 nitrogen and oxygen atoms in total. The minimum atomic E-state index is -1.46. The van der Waals surface area contributed by atoms with Crippen LogP contribution < -0.4 is 0 Å². The van der Waals surface area contributed by atoms with Gasteiger partial charge >= 0.3 is 0 Å². The van der Waals surface area contributed by atoms with Gasteiger partial charge in [0, 0.05) is 68.7 Å². The summed E-state index contributed by atoms with van der Waals surface area (Å²) >= 11 is 1.75. The van der Waals surface area contributed by atoms with Crippen LogP contribution in [0, 0.1) is 0 Å². The normalized spacial score (nSPS) is 16.8. The number of rotatable bonds is 8. The number of likely N-dealkylation sites (N-methyl/N-ethyl adjacent to an activating group) is 1. The molecule has 0 aliphatic carbocycles. The monoisotopic (exact) mass is 512 g/mol. The van der Waals surface area contributed by atoms with Crippen molar-refractivity contribution in [1.29, 1.82) is 0 Å². The van der Waals surface area contributed by atoms with Crippen LogP contribution in [0.15, 0.2) is 0 Å². The van der Waals surface area contributed by atoms with Gasteiger partial charge in [0.1, 0.15) is 0 Å². The molecule has 9 heteroatoms. The maximum Gasteiger partial charge on any atom is 0.288 e. The first-order valence-electron chi connectivity index (χ1n) is 9.93. The molecule has 0 aromatic carbocycles. The van der Waals surface area contributed by atoms with E-state index in [1.165, 1.54) is 0 Å². The quantitative estimate of drug-likeness (QED) is 0.213. The van der Waals surface area contributed by atoms with Gasteiger partial charge in [-0.25, -0.2) is 0 Å². The first kappa shape index (κ1) is 24.6. The Kier molecular flexibility index (Phi) is 11.7. The zero-order valence-electron chi connectivity index (χ0n) is 17.1. The van der Waals surface area contributed by atoms with Crippen LogP contribution in [-0.4, -0.2) is 74.4 Å². The van der Waals surface area contributed by atoms with Gasteiger partial charge in [-0.2, -0.15) is 0 Å². The van der Waals surface area contributed by atoms with Crippen LogP contribution in [0.1, 0.15) is 59.3 Å². The lowest BCUT2D eigenvalue weighted by Crippen LogP contribution is -2.49. The molecule has 3 amide bonds. The maximum atomic E-state index is 13.0. The molecule has 0 radical (unpaired) electrons. The second-order valence-electron chi connectivity index (χ2n) is 6.72. The molecule has 0 spiro atoms. The second-order valence-corrected chi connectivity index (χ2v) is 9.75. The number of hydrogen-bond donors (Lipinski definition) is 0. The van der Waals surface area contributed by atoms with Crippen LogP contribution in [0.25, 0.3) is 0 Å². The largest absolute Gasteiger partial charge is 0.300 e. The van der Waals surface area contributed by atoms with E-state index in [-0.39, 0.29) is 15.7 Å². The number of amides is 3. The lowest BCUT2D eigenvalue weighted by molar-refractivity contribution is -0.129. The van der Waals surface area contributed by atoms with E-state index in [0.29, 0.717) is 25.9 Å². The first-order valence-corrected chi connectivity index (χ1v) is 12.2. The van der Waals surface area contributed by atoms with Gasteiger partial charge in [-0.3, -0.25) is 28.4 Å². The van der Waals surface area contributed by atoms with Gasteiger partial charge in [-0.15, -0.1) is 0 Å². The lowest BCUT2D eigenvalue weighted by Gasteiger charge is -2.45. The molecular weight excluding hydrogens is 478 g/mol. The number of unbranched alkanes of at least 4 members (excludes halogenated alkanes) is 2. The van der Waals surface area contributed by atoms with Gasteiger partial charge in [0.15, 0.2) is 0 Å². The summed E-state index contributed by atoms with van der Waals surface area (Å²) in [4.78, 5) is 40.4. The number of hydrogen-bond acceptors (Lipinski definition) is 4. The van der Waals surface area contributed by atoms with Crippen molar-refractivity contribution < 1.29 is 14.4 Å². The van der Waals surface area contributed by atoms with Gasteiger partial charge in [0.25, 0.3) is 3.91 Å². The third-order valence-electron chi connectivity index (χ3n) is 4.72. The van der Waals surface area contributed by atoms with E-state index in [2.05, 4.69) is 25.7 Å². The van der Waals surface area contributed by atoms with E-state index in [0.717, 1.165) is 45.3 Å². The van der Waals surface area contributed by atoms with E-state index in [1.807, 2.05) is 0 Å². The van der Waals surface area contributed by atoms with Crippen molar-refractivity contribution >= 4 is 46.7 Å². The van der Waals surface area contributed by atoms with E-state index in [9.17, 15) is 14.4 Å². The minimum Gasteiger partial charge on any atom is -0.300 e. The highest BCUT2D eigenvalue weighted by atomic mass is 127. The predicted octanol–water partition coefficient (Wildman–Crippen LogP) is 4.07. The lowest BCUT2D eigenvalue weighted by atomic mass is 10.2. The van der Waals surface area contributed by atoms with E-state index in [4.69, 9.17) is 0 Å². The van der Waals surface area contributed by atoms with Crippen LogP contribution in [0.4, 0.5) is 4.79 Å². The summed E-state index contributed by atoms with van der Waals surface area (Å²) in [5, 5.41) is 0. The van der Waals surface area contributed by atoms with Crippen molar-refractivity contribution in [2.24, 2.45) is 0 Å². The standard InChI is InChI=1S/C18H34IN4O3P/c1-5-8-10-16(24)22-14-12-21(7-3)13-15-23(17(25)11-9-6-2)27(22)20(4)18(19)26/h5-15H2,1-4H3. The summed E-state index contributed by atoms with van der Waals surface area (Å²) in [5.41, 5.74) is 0. The van der Waals surface area contributed by atoms with Crippen molar-refractivity contribution in [3.8, 4) is 0 Å². The number of halogens is 1. The number of carbonyl (C=O) groups excluding carboxylic acids is 3. The number of carbonyl (C=O) groups is 3. The average Bonchev–Trinajstić information content (AvgIpc) is 2.63. The molecule has 0 aromatic heterocycles. The summed E-state index contributed by atoms with van der Waals surface area (Å²) in [5.74, 6) is 0.0809. The third-order valence-corrected chi connectivity index (χ3v) is 8.26. The fraction of sp³-hybridized carbons (Fsp3) is 0.833. The summed E-state index contributed by atoms with van der Waals surface area (Å²) in [6.45, 7) is 9.74. The van der Waals surface area contributed by atoms with Gasteiger partial charge in [0.2, 0.25) is 20.2 Å². The summed E-state index contributed by atoms with van der Waals surface area (Å²) in [6, 6.07) is 0. The van der Waals surface area contributed by atoms with Gasteiger partial charge in [-0.1, -0.05) is 33.6 Å². The SMILES string of the molecule is CCCCC(=O)N1CCN(CC)CCN(C(=O)CCCC)P1N(C)C(=O)I. The maximum absolute atomic E-state index is 13.0. The van der Waals surface area contributed by atoms with Crippen LogP contribution in [-0.2, 0) is 9.59 Å². The zero-order chi connectivity index (χ0) is 20.4. The minimum absolute atomic E-state index is 0.0405. The van der Waals surface area contributed by atoms with Crippen LogP contribution in [0.3, 0.4) is 0 Å². The first-order chi connectivity index (χ1) is 12.9. The zero-order valence-corrected chi connectivity index (χ0v) is 20.2. The highest BCUT2D eigenvalue weighted by Gasteiger charge is 2.38. The average molecular weight is 512 g/mol. The topological polar surface area (TPSA) is 64.2 Å². The highest BCUT2D eigenvalue weighted by molar-refractivity contribution is 14.1. The molecule has 0 N–H and O–H groups in total. The Morgan fingerprint density at radius 3 is 1.67 bits per heavy atom. The molecule has 156 valence electrons. The van der Waals surface area contributed by atoms with E-state index < -0.39 is 8.37 Å². The van der Waals surface area contributed by atoms with Crippen molar-refractivity contribution in [3.63, 3.8) is 0 Å². The van der Waals surface area contributed by atoms with E-state index in [1.54, 1.807) is 43.6 Å².